The molecule has 66 valence electrons. The summed E-state index contributed by atoms with van der Waals surface area (Å²) in [6, 6.07) is 0. The quantitative estimate of drug-likeness (QED) is 0.540. The summed E-state index contributed by atoms with van der Waals surface area (Å²) in [6.45, 7) is 9.23. The monoisotopic (exact) mass is 230 g/mol. The lowest BCUT2D eigenvalue weighted by molar-refractivity contribution is 1.82. The van der Waals surface area contributed by atoms with E-state index in [-0.39, 0.29) is 0 Å². The second-order valence-electron chi connectivity index (χ2n) is 3.97. The van der Waals surface area contributed by atoms with Crippen molar-refractivity contribution in [1.82, 2.24) is 0 Å². The maximum atomic E-state index is 4.74. The van der Waals surface area contributed by atoms with E-state index < -0.39 is 15.2 Å². The van der Waals surface area contributed by atoms with Gasteiger partial charge in [0.2, 0.25) is 0 Å². The molecule has 0 N–H and O–H groups in total. The number of hydrogen-bond donors (Lipinski definition) is 0. The molecule has 12 heavy (non-hydrogen) atoms. The highest BCUT2D eigenvalue weighted by Crippen LogP contribution is 2.19. The third-order valence-electron chi connectivity index (χ3n) is 2.50. The van der Waals surface area contributed by atoms with Gasteiger partial charge in [0, 0.05) is 0 Å². The average Bonchev–Trinajstić information content (AvgIpc) is 1.86. The third-order valence-corrected chi connectivity index (χ3v) is 19.0. The van der Waals surface area contributed by atoms with E-state index in [1.165, 1.54) is 0 Å². The summed E-state index contributed by atoms with van der Waals surface area (Å²) in [5.74, 6) is 0. The number of hydrogen-bond acceptors (Lipinski definition) is 2. The van der Waals surface area contributed by atoms with Crippen LogP contribution in [0.4, 0.5) is 0 Å². The first kappa shape index (κ1) is 12.2. The molecule has 0 atom stereocenters. The zero-order valence-corrected chi connectivity index (χ0v) is 11.6. The maximum absolute atomic E-state index is 4.74. The molecule has 4 heteroatoms. The molecule has 0 aliphatic heterocycles. The maximum Gasteiger partial charge on any atom is 0.0809 e. The van der Waals surface area contributed by atoms with Crippen molar-refractivity contribution in [1.29, 1.82) is 0 Å². The van der Waals surface area contributed by atoms with Crippen molar-refractivity contribution in [2.75, 3.05) is 0 Å². The summed E-state index contributed by atoms with van der Waals surface area (Å²) in [6.07, 6.45) is 0. The molecule has 0 radical (unpaired) electrons. The zero-order valence-electron chi connectivity index (χ0n) is 7.97. The molecule has 0 aliphatic rings. The predicted molar refractivity (Wildman–Crippen MR) is 69.3 cm³/mol. The van der Waals surface area contributed by atoms with E-state index in [9.17, 15) is 0 Å². The minimum absolute atomic E-state index is 1.34. The van der Waals surface area contributed by atoms with E-state index in [4.69, 9.17) is 24.4 Å². The van der Waals surface area contributed by atoms with Gasteiger partial charge in [0.05, 0.1) is 15.2 Å². The van der Waals surface area contributed by atoms with Crippen molar-refractivity contribution in [3.05, 3.63) is 11.4 Å². The standard InChI is InChI=1S/C8H14S2Si2/c1-11(2,7-5-9)12(3,4)8-6-10/h7-8H,1-4H3. The van der Waals surface area contributed by atoms with Gasteiger partial charge in [-0.2, -0.15) is 0 Å². The fourth-order valence-electron chi connectivity index (χ4n) is 0.667. The van der Waals surface area contributed by atoms with Gasteiger partial charge in [-0.15, -0.1) is 0 Å². The van der Waals surface area contributed by atoms with Crippen LogP contribution in [0.15, 0.2) is 11.4 Å². The van der Waals surface area contributed by atoms with Crippen LogP contribution in [0.1, 0.15) is 0 Å². The lowest BCUT2D eigenvalue weighted by Crippen LogP contribution is -2.52. The molecule has 0 aliphatic carbocycles. The first-order chi connectivity index (χ1) is 5.37. The van der Waals surface area contributed by atoms with Crippen LogP contribution in [0.25, 0.3) is 0 Å². The van der Waals surface area contributed by atoms with E-state index in [2.05, 4.69) is 47.6 Å². The fraction of sp³-hybridized carbons (Fsp3) is 0.500. The summed E-state index contributed by atoms with van der Waals surface area (Å²) in [5, 5.41) is 5.49. The summed E-state index contributed by atoms with van der Waals surface area (Å²) in [7, 11) is -2.68. The van der Waals surface area contributed by atoms with Gasteiger partial charge in [-0.3, -0.25) is 0 Å². The smallest absolute Gasteiger partial charge is 0.0670 e. The molecule has 0 spiro atoms. The Kier molecular flexibility index (Phi) is 4.49. The molecule has 0 unspecified atom stereocenters. The summed E-state index contributed by atoms with van der Waals surface area (Å²) < 4.78 is 0. The summed E-state index contributed by atoms with van der Waals surface area (Å²) in [5.41, 5.74) is 4.19. The normalized spacial score (nSPS) is 11.3. The van der Waals surface area contributed by atoms with Crippen LogP contribution in [0.3, 0.4) is 0 Å². The largest absolute Gasteiger partial charge is 0.0809 e. The number of thiocarbonyl (C=S) groups is 2. The highest BCUT2D eigenvalue weighted by molar-refractivity contribution is 7.79. The summed E-state index contributed by atoms with van der Waals surface area (Å²) in [4.78, 5) is 0. The van der Waals surface area contributed by atoms with Crippen molar-refractivity contribution < 1.29 is 0 Å². The second-order valence-corrected chi connectivity index (χ2v) is 19.6. The van der Waals surface area contributed by atoms with Gasteiger partial charge in [0.15, 0.2) is 0 Å². The molecule has 0 aromatic heterocycles. The molecular weight excluding hydrogens is 216 g/mol. The second kappa shape index (κ2) is 4.42. The van der Waals surface area contributed by atoms with E-state index in [1.54, 1.807) is 0 Å². The number of rotatable bonds is 3. The Morgan fingerprint density at radius 1 is 0.833 bits per heavy atom. The van der Waals surface area contributed by atoms with Crippen LogP contribution in [0.2, 0.25) is 26.2 Å². The van der Waals surface area contributed by atoms with Crippen LogP contribution in [0.5, 0.6) is 0 Å². The summed E-state index contributed by atoms with van der Waals surface area (Å²) >= 11 is 9.49. The molecule has 0 saturated carbocycles. The Bertz CT molecular complexity index is 228. The molecule has 0 rings (SSSR count). The first-order valence-corrected chi connectivity index (χ1v) is 11.8. The highest BCUT2D eigenvalue weighted by atomic mass is 32.1. The van der Waals surface area contributed by atoms with Crippen LogP contribution < -0.4 is 0 Å². The Morgan fingerprint density at radius 3 is 1.25 bits per heavy atom. The van der Waals surface area contributed by atoms with E-state index in [1.807, 2.05) is 0 Å². The molecule has 0 aromatic carbocycles. The molecule has 0 aromatic rings. The van der Waals surface area contributed by atoms with Crippen LogP contribution >= 0.6 is 24.4 Å². The molecule has 0 heterocycles. The Hall–Kier alpha value is 0.174. The minimum atomic E-state index is -1.34. The van der Waals surface area contributed by atoms with Crippen LogP contribution in [0, 0.1) is 0 Å². The van der Waals surface area contributed by atoms with Gasteiger partial charge in [-0.1, -0.05) is 36.2 Å². The van der Waals surface area contributed by atoms with Gasteiger partial charge in [-0.05, 0) is 35.8 Å². The topological polar surface area (TPSA) is 0 Å². The Balaban J connectivity index is 4.98. The van der Waals surface area contributed by atoms with Crippen molar-refractivity contribution in [2.45, 2.75) is 26.2 Å². The molecule has 0 fully saturated rings. The molecule has 0 amide bonds. The SMILES string of the molecule is C[Si](C)(C=C=S)[Si](C)(C)C=C=S. The van der Waals surface area contributed by atoms with Crippen LogP contribution in [-0.2, 0) is 0 Å². The highest BCUT2D eigenvalue weighted by Gasteiger charge is 2.37. The van der Waals surface area contributed by atoms with Crippen molar-refractivity contribution in [3.8, 4) is 0 Å². The van der Waals surface area contributed by atoms with E-state index in [0.29, 0.717) is 0 Å². The third kappa shape index (κ3) is 2.90. The van der Waals surface area contributed by atoms with Gasteiger partial charge in [-0.25, -0.2) is 0 Å². The van der Waals surface area contributed by atoms with Gasteiger partial charge in [0.1, 0.15) is 0 Å². The lowest BCUT2D eigenvalue weighted by Gasteiger charge is -2.31. The van der Waals surface area contributed by atoms with E-state index in [0.717, 1.165) is 0 Å². The molecular formula is C8H14S2Si2. The predicted octanol–water partition coefficient (Wildman–Crippen LogP) is 2.87. The average molecular weight is 231 g/mol. The van der Waals surface area contributed by atoms with Gasteiger partial charge >= 0.3 is 0 Å². The first-order valence-electron chi connectivity index (χ1n) is 3.81. The van der Waals surface area contributed by atoms with E-state index >= 15 is 0 Å². The van der Waals surface area contributed by atoms with Crippen molar-refractivity contribution in [3.63, 3.8) is 0 Å². The Morgan fingerprint density at radius 2 is 1.08 bits per heavy atom. The van der Waals surface area contributed by atoms with Gasteiger partial charge in [0.25, 0.3) is 0 Å². The molecule has 0 saturated heterocycles. The lowest BCUT2D eigenvalue weighted by atomic mass is 11.3. The molecule has 0 bridgehead atoms. The van der Waals surface area contributed by atoms with Gasteiger partial charge < -0.3 is 0 Å². The molecule has 0 nitrogen and oxygen atoms in total. The fourth-order valence-corrected chi connectivity index (χ4v) is 7.06. The van der Waals surface area contributed by atoms with Crippen molar-refractivity contribution >= 4 is 49.7 Å². The minimum Gasteiger partial charge on any atom is -0.0670 e. The zero-order chi connectivity index (χ0) is 9.83. The van der Waals surface area contributed by atoms with Crippen molar-refractivity contribution in [2.24, 2.45) is 0 Å². The Labute approximate surface area is 87.2 Å². The van der Waals surface area contributed by atoms with Crippen LogP contribution in [-0.4, -0.2) is 25.2 Å².